The summed E-state index contributed by atoms with van der Waals surface area (Å²) in [7, 11) is 1.06. The van der Waals surface area contributed by atoms with Crippen LogP contribution in [0.3, 0.4) is 0 Å². The zero-order valence-corrected chi connectivity index (χ0v) is 14.2. The van der Waals surface area contributed by atoms with Crippen LogP contribution in [-0.2, 0) is 4.79 Å². The van der Waals surface area contributed by atoms with Gasteiger partial charge in [-0.3, -0.25) is 4.79 Å². The minimum Gasteiger partial charge on any atom is -0.338 e. The summed E-state index contributed by atoms with van der Waals surface area (Å²) >= 11 is 11.9. The molecule has 0 atom stereocenters. The first-order valence-corrected chi connectivity index (χ1v) is 7.73. The Kier molecular flexibility index (Phi) is 4.38. The Hall–Kier alpha value is -2.25. The second kappa shape index (κ2) is 6.24. The van der Waals surface area contributed by atoms with Crippen molar-refractivity contribution in [3.05, 3.63) is 46.4 Å². The Labute approximate surface area is 150 Å². The molecule has 9 heteroatoms. The number of amides is 1. The maximum atomic E-state index is 12.7. The smallest absolute Gasteiger partial charge is 0.338 e. The van der Waals surface area contributed by atoms with E-state index in [2.05, 4.69) is 9.97 Å². The average Bonchev–Trinajstić information content (AvgIpc) is 2.95. The lowest BCUT2D eigenvalue weighted by Gasteiger charge is -2.21. The summed E-state index contributed by atoms with van der Waals surface area (Å²) in [5, 5.41) is 0.631. The van der Waals surface area contributed by atoms with Crippen molar-refractivity contribution in [1.82, 2.24) is 9.97 Å². The Balaban J connectivity index is 2.11. The summed E-state index contributed by atoms with van der Waals surface area (Å²) < 4.78 is 38.2. The summed E-state index contributed by atoms with van der Waals surface area (Å²) in [6, 6.07) is 9.27. The molecule has 3 aromatic rings. The number of rotatable bonds is 2. The summed E-state index contributed by atoms with van der Waals surface area (Å²) in [4.78, 5) is 19.4. The minimum absolute atomic E-state index is 0.0704. The van der Waals surface area contributed by atoms with Crippen LogP contribution < -0.4 is 4.90 Å². The number of imidazole rings is 1. The third-order valence-corrected chi connectivity index (χ3v) is 4.31. The highest BCUT2D eigenvalue weighted by Gasteiger charge is 2.42. The van der Waals surface area contributed by atoms with Crippen molar-refractivity contribution in [2.45, 2.75) is 6.18 Å². The van der Waals surface area contributed by atoms with Crippen LogP contribution in [0, 0.1) is 0 Å². The quantitative estimate of drug-likeness (QED) is 0.667. The number of hydrogen-bond donors (Lipinski definition) is 1. The number of carbonyl (C=O) groups excluding carboxylic acids is 1. The van der Waals surface area contributed by atoms with E-state index in [1.807, 2.05) is 0 Å². The molecule has 0 spiro atoms. The van der Waals surface area contributed by atoms with Crippen LogP contribution in [0.5, 0.6) is 0 Å². The van der Waals surface area contributed by atoms with Gasteiger partial charge in [-0.25, -0.2) is 4.98 Å². The van der Waals surface area contributed by atoms with Gasteiger partial charge in [0.05, 0.1) is 26.8 Å². The van der Waals surface area contributed by atoms with Gasteiger partial charge < -0.3 is 9.88 Å². The molecular weight excluding hydrogens is 378 g/mol. The maximum absolute atomic E-state index is 12.7. The van der Waals surface area contributed by atoms with Crippen LogP contribution in [0.1, 0.15) is 0 Å². The van der Waals surface area contributed by atoms with Gasteiger partial charge in [0.1, 0.15) is 5.82 Å². The van der Waals surface area contributed by atoms with Crippen LogP contribution in [0.2, 0.25) is 10.0 Å². The Bertz CT molecular complexity index is 930. The lowest BCUT2D eigenvalue weighted by molar-refractivity contribution is -0.170. The molecule has 0 aliphatic carbocycles. The molecule has 0 fully saturated rings. The van der Waals surface area contributed by atoms with Crippen LogP contribution in [-0.4, -0.2) is 29.1 Å². The fourth-order valence-electron chi connectivity index (χ4n) is 2.40. The van der Waals surface area contributed by atoms with Crippen molar-refractivity contribution in [1.29, 1.82) is 0 Å². The highest BCUT2D eigenvalue weighted by atomic mass is 35.5. The maximum Gasteiger partial charge on any atom is 0.471 e. The van der Waals surface area contributed by atoms with E-state index >= 15 is 0 Å². The summed E-state index contributed by atoms with van der Waals surface area (Å²) in [5.41, 5.74) is 1.49. The highest BCUT2D eigenvalue weighted by Crippen LogP contribution is 2.33. The topological polar surface area (TPSA) is 49.0 Å². The average molecular weight is 388 g/mol. The molecule has 1 amide bonds. The Morgan fingerprint density at radius 2 is 1.80 bits per heavy atom. The summed E-state index contributed by atoms with van der Waals surface area (Å²) in [6.45, 7) is 0. The van der Waals surface area contributed by atoms with Crippen LogP contribution >= 0.6 is 23.2 Å². The normalized spacial score (nSPS) is 11.8. The van der Waals surface area contributed by atoms with Crippen molar-refractivity contribution in [2.75, 3.05) is 11.9 Å². The molecule has 1 N–H and O–H groups in total. The first-order chi connectivity index (χ1) is 11.7. The number of aromatic amines is 1. The third kappa shape index (κ3) is 3.29. The number of fused-ring (bicyclic) bond motifs is 1. The molecule has 2 aromatic carbocycles. The molecule has 0 aliphatic rings. The van der Waals surface area contributed by atoms with E-state index in [4.69, 9.17) is 23.2 Å². The number of halogens is 5. The number of nitrogens with zero attached hydrogens (tertiary/aromatic N) is 2. The molecule has 1 aromatic heterocycles. The van der Waals surface area contributed by atoms with Gasteiger partial charge in [-0.2, -0.15) is 13.2 Å². The zero-order chi connectivity index (χ0) is 18.4. The number of hydrogen-bond acceptors (Lipinski definition) is 2. The molecule has 1 heterocycles. The van der Waals surface area contributed by atoms with E-state index in [0.717, 1.165) is 7.05 Å². The molecule has 0 bridgehead atoms. The van der Waals surface area contributed by atoms with Crippen LogP contribution in [0.25, 0.3) is 22.4 Å². The summed E-state index contributed by atoms with van der Waals surface area (Å²) in [6.07, 6.45) is -4.98. The summed E-state index contributed by atoms with van der Waals surface area (Å²) in [5.74, 6) is -1.67. The largest absolute Gasteiger partial charge is 0.471 e. The number of anilines is 1. The van der Waals surface area contributed by atoms with E-state index in [-0.39, 0.29) is 5.69 Å². The van der Waals surface area contributed by atoms with Crippen molar-refractivity contribution < 1.29 is 18.0 Å². The molecule has 0 aliphatic heterocycles. The van der Waals surface area contributed by atoms with Crippen LogP contribution in [0.4, 0.5) is 18.9 Å². The van der Waals surface area contributed by atoms with E-state index in [9.17, 15) is 18.0 Å². The Morgan fingerprint density at radius 1 is 1.16 bits per heavy atom. The Morgan fingerprint density at radius 3 is 2.48 bits per heavy atom. The van der Waals surface area contributed by atoms with Gasteiger partial charge in [-0.15, -0.1) is 0 Å². The number of carbonyl (C=O) groups is 1. The van der Waals surface area contributed by atoms with Crippen molar-refractivity contribution in [3.63, 3.8) is 0 Å². The van der Waals surface area contributed by atoms with Gasteiger partial charge in [0.2, 0.25) is 0 Å². The molecule has 0 saturated heterocycles. The fourth-order valence-corrected chi connectivity index (χ4v) is 2.72. The SMILES string of the molecule is CN(C(=O)C(F)(F)F)c1ccccc1-c1nc2cc(Cl)c(Cl)cc2[nH]1. The predicted octanol–water partition coefficient (Wildman–Crippen LogP) is 5.06. The monoisotopic (exact) mass is 387 g/mol. The van der Waals surface area contributed by atoms with E-state index in [1.54, 1.807) is 24.3 Å². The number of H-pyrrole nitrogens is 1. The molecule has 4 nitrogen and oxygen atoms in total. The standard InChI is InChI=1S/C16H10Cl2F3N3O/c1-24(15(25)16(19,20)21)13-5-3-2-4-8(13)14-22-11-6-9(17)10(18)7-12(11)23-14/h2-7H,1H3,(H,22,23). The number of nitrogens with one attached hydrogen (secondary N) is 1. The molecule has 0 unspecified atom stereocenters. The minimum atomic E-state index is -4.98. The second-order valence-electron chi connectivity index (χ2n) is 5.25. The van der Waals surface area contributed by atoms with Gasteiger partial charge in [-0.1, -0.05) is 35.3 Å². The van der Waals surface area contributed by atoms with Crippen LogP contribution in [0.15, 0.2) is 36.4 Å². The molecule has 0 radical (unpaired) electrons. The van der Waals surface area contributed by atoms with Gasteiger partial charge in [-0.05, 0) is 24.3 Å². The number of aromatic nitrogens is 2. The molecule has 25 heavy (non-hydrogen) atoms. The molecule has 3 rings (SSSR count). The molecular formula is C16H10Cl2F3N3O. The zero-order valence-electron chi connectivity index (χ0n) is 12.7. The van der Waals surface area contributed by atoms with Gasteiger partial charge >= 0.3 is 12.1 Å². The predicted molar refractivity (Wildman–Crippen MR) is 91.0 cm³/mol. The van der Waals surface area contributed by atoms with E-state index in [1.165, 1.54) is 12.1 Å². The van der Waals surface area contributed by atoms with Crippen molar-refractivity contribution in [3.8, 4) is 11.4 Å². The first-order valence-electron chi connectivity index (χ1n) is 6.97. The number of alkyl halides is 3. The van der Waals surface area contributed by atoms with Gasteiger partial charge in [0, 0.05) is 12.6 Å². The molecule has 130 valence electrons. The van der Waals surface area contributed by atoms with E-state index in [0.29, 0.717) is 37.4 Å². The van der Waals surface area contributed by atoms with Gasteiger partial charge in [0.25, 0.3) is 0 Å². The second-order valence-corrected chi connectivity index (χ2v) is 6.06. The van der Waals surface area contributed by atoms with E-state index < -0.39 is 12.1 Å². The lowest BCUT2D eigenvalue weighted by atomic mass is 10.1. The number of benzene rings is 2. The van der Waals surface area contributed by atoms with Gasteiger partial charge in [0.15, 0.2) is 0 Å². The third-order valence-electron chi connectivity index (χ3n) is 3.59. The van der Waals surface area contributed by atoms with Crippen molar-refractivity contribution >= 4 is 45.8 Å². The van der Waals surface area contributed by atoms with Crippen molar-refractivity contribution in [2.24, 2.45) is 0 Å². The highest BCUT2D eigenvalue weighted by molar-refractivity contribution is 6.42. The molecule has 0 saturated carbocycles. The number of para-hydroxylation sites is 1. The first kappa shape index (κ1) is 17.6. The lowest BCUT2D eigenvalue weighted by Crippen LogP contribution is -2.38. The fraction of sp³-hybridized carbons (Fsp3) is 0.125.